The largest absolute Gasteiger partial charge is 0.379 e. The number of nitriles is 1. The first kappa shape index (κ1) is 13.6. The molecule has 17 heavy (non-hydrogen) atoms. The molecule has 1 unspecified atom stereocenters. The van der Waals surface area contributed by atoms with Crippen LogP contribution in [0.5, 0.6) is 0 Å². The van der Waals surface area contributed by atoms with Gasteiger partial charge in [0.1, 0.15) is 11.9 Å². The molecule has 1 rings (SSSR count). The van der Waals surface area contributed by atoms with E-state index in [-0.39, 0.29) is 18.3 Å². The molecule has 0 spiro atoms. The van der Waals surface area contributed by atoms with Crippen molar-refractivity contribution < 1.29 is 13.9 Å². The van der Waals surface area contributed by atoms with E-state index in [9.17, 15) is 4.39 Å². The second-order valence-electron chi connectivity index (χ2n) is 3.67. The SMILES string of the molecule is CCOCC(C)OCc1cccc(C#N)c1F. The van der Waals surface area contributed by atoms with Crippen LogP contribution in [0.2, 0.25) is 0 Å². The first-order chi connectivity index (χ1) is 8.19. The van der Waals surface area contributed by atoms with Gasteiger partial charge in [-0.2, -0.15) is 5.26 Å². The summed E-state index contributed by atoms with van der Waals surface area (Å²) in [4.78, 5) is 0. The first-order valence-corrected chi connectivity index (χ1v) is 5.55. The van der Waals surface area contributed by atoms with Crippen molar-refractivity contribution in [3.8, 4) is 6.07 Å². The fraction of sp³-hybridized carbons (Fsp3) is 0.462. The van der Waals surface area contributed by atoms with E-state index in [2.05, 4.69) is 0 Å². The normalized spacial score (nSPS) is 12.1. The minimum atomic E-state index is -0.501. The van der Waals surface area contributed by atoms with E-state index in [4.69, 9.17) is 14.7 Å². The Morgan fingerprint density at radius 3 is 2.88 bits per heavy atom. The summed E-state index contributed by atoms with van der Waals surface area (Å²) >= 11 is 0. The van der Waals surface area contributed by atoms with Crippen LogP contribution >= 0.6 is 0 Å². The van der Waals surface area contributed by atoms with Crippen molar-refractivity contribution in [2.24, 2.45) is 0 Å². The predicted octanol–water partition coefficient (Wildman–Crippen LogP) is 2.64. The Labute approximate surface area is 101 Å². The molecule has 92 valence electrons. The summed E-state index contributed by atoms with van der Waals surface area (Å²) in [5.41, 5.74) is 0.441. The van der Waals surface area contributed by atoms with E-state index in [0.717, 1.165) is 0 Å². The van der Waals surface area contributed by atoms with Crippen LogP contribution in [0.3, 0.4) is 0 Å². The van der Waals surface area contributed by atoms with Crippen LogP contribution in [-0.4, -0.2) is 19.3 Å². The van der Waals surface area contributed by atoms with Crippen molar-refractivity contribution >= 4 is 0 Å². The summed E-state index contributed by atoms with van der Waals surface area (Å²) in [6, 6.07) is 6.51. The van der Waals surface area contributed by atoms with Gasteiger partial charge in [-0.1, -0.05) is 12.1 Å². The van der Waals surface area contributed by atoms with E-state index in [1.165, 1.54) is 6.07 Å². The maximum absolute atomic E-state index is 13.6. The third kappa shape index (κ3) is 4.14. The van der Waals surface area contributed by atoms with Gasteiger partial charge in [0.05, 0.1) is 24.9 Å². The highest BCUT2D eigenvalue weighted by Gasteiger charge is 2.09. The van der Waals surface area contributed by atoms with Crippen molar-refractivity contribution in [2.75, 3.05) is 13.2 Å². The molecule has 0 fully saturated rings. The Kier molecular flexibility index (Phi) is 5.61. The molecule has 0 saturated carbocycles. The molecule has 0 aliphatic carbocycles. The zero-order valence-electron chi connectivity index (χ0n) is 10.1. The summed E-state index contributed by atoms with van der Waals surface area (Å²) in [5, 5.41) is 8.69. The molecule has 0 saturated heterocycles. The predicted molar refractivity (Wildman–Crippen MR) is 61.9 cm³/mol. The minimum Gasteiger partial charge on any atom is -0.379 e. The molecule has 0 radical (unpaired) electrons. The lowest BCUT2D eigenvalue weighted by Crippen LogP contribution is -2.16. The Morgan fingerprint density at radius 1 is 1.47 bits per heavy atom. The molecule has 0 N–H and O–H groups in total. The van der Waals surface area contributed by atoms with Gasteiger partial charge in [0, 0.05) is 12.2 Å². The smallest absolute Gasteiger partial charge is 0.146 e. The number of halogens is 1. The number of benzene rings is 1. The average Bonchev–Trinajstić information content (AvgIpc) is 2.35. The standard InChI is InChI=1S/C13H16FNO2/c1-3-16-8-10(2)17-9-12-6-4-5-11(7-15)13(12)14/h4-6,10H,3,8-9H2,1-2H3. The van der Waals surface area contributed by atoms with Crippen LogP contribution in [0, 0.1) is 17.1 Å². The van der Waals surface area contributed by atoms with Crippen molar-refractivity contribution in [1.82, 2.24) is 0 Å². The van der Waals surface area contributed by atoms with Gasteiger partial charge >= 0.3 is 0 Å². The molecule has 0 amide bonds. The molecule has 0 aromatic heterocycles. The summed E-state index contributed by atoms with van der Waals surface area (Å²) in [5.74, 6) is -0.501. The van der Waals surface area contributed by atoms with Crippen LogP contribution in [0.15, 0.2) is 18.2 Å². The minimum absolute atomic E-state index is 0.0450. The highest BCUT2D eigenvalue weighted by molar-refractivity contribution is 5.34. The number of rotatable bonds is 6. The second-order valence-corrected chi connectivity index (χ2v) is 3.67. The highest BCUT2D eigenvalue weighted by Crippen LogP contribution is 2.13. The lowest BCUT2D eigenvalue weighted by Gasteiger charge is -2.13. The quantitative estimate of drug-likeness (QED) is 0.763. The lowest BCUT2D eigenvalue weighted by molar-refractivity contribution is -0.0125. The molecule has 3 nitrogen and oxygen atoms in total. The van der Waals surface area contributed by atoms with Gasteiger partial charge in [0.2, 0.25) is 0 Å². The summed E-state index contributed by atoms with van der Waals surface area (Å²) in [6.07, 6.45) is -0.0971. The van der Waals surface area contributed by atoms with E-state index in [1.807, 2.05) is 13.8 Å². The fourth-order valence-electron chi connectivity index (χ4n) is 1.34. The molecule has 1 aromatic carbocycles. The molecular formula is C13H16FNO2. The van der Waals surface area contributed by atoms with Crippen LogP contribution in [0.4, 0.5) is 4.39 Å². The summed E-state index contributed by atoms with van der Waals surface area (Å²) in [7, 11) is 0. The monoisotopic (exact) mass is 237 g/mol. The number of nitrogens with zero attached hydrogens (tertiary/aromatic N) is 1. The molecular weight excluding hydrogens is 221 g/mol. The molecule has 0 aliphatic rings. The topological polar surface area (TPSA) is 42.2 Å². The number of hydrogen-bond donors (Lipinski definition) is 0. The molecule has 1 atom stereocenters. The van der Waals surface area contributed by atoms with Gasteiger partial charge < -0.3 is 9.47 Å². The second kappa shape index (κ2) is 7.00. The van der Waals surface area contributed by atoms with Gasteiger partial charge in [0.15, 0.2) is 0 Å². The molecule has 0 heterocycles. The van der Waals surface area contributed by atoms with Gasteiger partial charge in [0.25, 0.3) is 0 Å². The van der Waals surface area contributed by atoms with E-state index >= 15 is 0 Å². The average molecular weight is 237 g/mol. The maximum atomic E-state index is 13.6. The third-order valence-electron chi connectivity index (χ3n) is 2.28. The van der Waals surface area contributed by atoms with E-state index < -0.39 is 5.82 Å². The highest BCUT2D eigenvalue weighted by atomic mass is 19.1. The number of hydrogen-bond acceptors (Lipinski definition) is 3. The Bertz CT molecular complexity index is 401. The zero-order chi connectivity index (χ0) is 12.7. The fourth-order valence-corrected chi connectivity index (χ4v) is 1.34. The van der Waals surface area contributed by atoms with Gasteiger partial charge in [-0.15, -0.1) is 0 Å². The molecule has 0 aliphatic heterocycles. The van der Waals surface area contributed by atoms with Gasteiger partial charge in [-0.05, 0) is 19.9 Å². The van der Waals surface area contributed by atoms with Crippen molar-refractivity contribution in [1.29, 1.82) is 5.26 Å². The Hall–Kier alpha value is -1.44. The van der Waals surface area contributed by atoms with E-state index in [1.54, 1.807) is 18.2 Å². The summed E-state index contributed by atoms with van der Waals surface area (Å²) < 4.78 is 24.3. The Morgan fingerprint density at radius 2 is 2.24 bits per heavy atom. The van der Waals surface area contributed by atoms with Crippen molar-refractivity contribution in [3.63, 3.8) is 0 Å². The molecule has 0 bridgehead atoms. The van der Waals surface area contributed by atoms with Crippen LogP contribution in [-0.2, 0) is 16.1 Å². The van der Waals surface area contributed by atoms with Crippen LogP contribution < -0.4 is 0 Å². The Balaban J connectivity index is 2.55. The zero-order valence-corrected chi connectivity index (χ0v) is 10.1. The van der Waals surface area contributed by atoms with Gasteiger partial charge in [-0.25, -0.2) is 4.39 Å². The van der Waals surface area contributed by atoms with Crippen molar-refractivity contribution in [3.05, 3.63) is 35.1 Å². The third-order valence-corrected chi connectivity index (χ3v) is 2.28. The van der Waals surface area contributed by atoms with Crippen LogP contribution in [0.1, 0.15) is 25.0 Å². The van der Waals surface area contributed by atoms with E-state index in [0.29, 0.717) is 18.8 Å². The first-order valence-electron chi connectivity index (χ1n) is 5.55. The molecule has 1 aromatic rings. The number of ether oxygens (including phenoxy) is 2. The van der Waals surface area contributed by atoms with Gasteiger partial charge in [-0.3, -0.25) is 0 Å². The summed E-state index contributed by atoms with van der Waals surface area (Å²) in [6.45, 7) is 5.03. The lowest BCUT2D eigenvalue weighted by atomic mass is 10.1. The van der Waals surface area contributed by atoms with Crippen LogP contribution in [0.25, 0.3) is 0 Å². The maximum Gasteiger partial charge on any atom is 0.146 e. The molecule has 4 heteroatoms. The van der Waals surface area contributed by atoms with Crippen molar-refractivity contribution in [2.45, 2.75) is 26.6 Å².